The summed E-state index contributed by atoms with van der Waals surface area (Å²) in [5, 5.41) is 0. The number of benzene rings is 2. The maximum absolute atomic E-state index is 13.0. The summed E-state index contributed by atoms with van der Waals surface area (Å²) in [5.74, 6) is -0.214. The van der Waals surface area contributed by atoms with Crippen molar-refractivity contribution >= 4 is 23.4 Å². The van der Waals surface area contributed by atoms with E-state index >= 15 is 0 Å². The molecule has 1 aliphatic heterocycles. The predicted molar refractivity (Wildman–Crippen MR) is 114 cm³/mol. The molecule has 1 saturated carbocycles. The quantitative estimate of drug-likeness (QED) is 0.695. The monoisotopic (exact) mass is 406 g/mol. The van der Waals surface area contributed by atoms with Crippen molar-refractivity contribution in [2.24, 2.45) is 0 Å². The van der Waals surface area contributed by atoms with Crippen LogP contribution in [0.15, 0.2) is 42.5 Å². The summed E-state index contributed by atoms with van der Waals surface area (Å²) in [6.45, 7) is 2.43. The molecule has 6 nitrogen and oxygen atoms in total. The summed E-state index contributed by atoms with van der Waals surface area (Å²) in [7, 11) is 1.82. The van der Waals surface area contributed by atoms with Crippen molar-refractivity contribution in [2.75, 3.05) is 18.6 Å². The molecule has 2 aromatic rings. The van der Waals surface area contributed by atoms with Crippen LogP contribution in [0.1, 0.15) is 70.1 Å². The zero-order chi connectivity index (χ0) is 21.3. The van der Waals surface area contributed by atoms with Crippen LogP contribution in [0.25, 0.3) is 0 Å². The molecular formula is C24H26N2O4. The van der Waals surface area contributed by atoms with Gasteiger partial charge in [0.05, 0.1) is 23.4 Å². The van der Waals surface area contributed by atoms with E-state index in [2.05, 4.69) is 0 Å². The van der Waals surface area contributed by atoms with Crippen molar-refractivity contribution in [3.05, 3.63) is 59.2 Å². The van der Waals surface area contributed by atoms with Gasteiger partial charge in [0, 0.05) is 18.7 Å². The van der Waals surface area contributed by atoms with Gasteiger partial charge < -0.3 is 9.64 Å². The van der Waals surface area contributed by atoms with Crippen molar-refractivity contribution < 1.29 is 19.1 Å². The van der Waals surface area contributed by atoms with Crippen LogP contribution in [0.5, 0.6) is 5.75 Å². The highest BCUT2D eigenvalue weighted by molar-refractivity contribution is 6.34. The van der Waals surface area contributed by atoms with Gasteiger partial charge in [-0.3, -0.25) is 14.4 Å². The molecule has 30 heavy (non-hydrogen) atoms. The highest BCUT2D eigenvalue weighted by Crippen LogP contribution is 2.31. The number of fused-ring (bicyclic) bond motifs is 1. The number of anilines is 1. The summed E-state index contributed by atoms with van der Waals surface area (Å²) in [6, 6.07) is 11.9. The number of carbonyl (C=O) groups is 3. The maximum Gasteiger partial charge on any atom is 0.266 e. The Kier molecular flexibility index (Phi) is 5.57. The first-order chi connectivity index (χ1) is 14.5. The molecule has 0 N–H and O–H groups in total. The second-order valence-electron chi connectivity index (χ2n) is 7.84. The topological polar surface area (TPSA) is 66.9 Å². The first kappa shape index (κ1) is 20.1. The predicted octanol–water partition coefficient (Wildman–Crippen LogP) is 4.29. The molecule has 0 atom stereocenters. The van der Waals surface area contributed by atoms with E-state index in [-0.39, 0.29) is 23.4 Å². The normalized spacial score (nSPS) is 16.5. The highest BCUT2D eigenvalue weighted by atomic mass is 16.5. The van der Waals surface area contributed by atoms with Crippen LogP contribution in [0.3, 0.4) is 0 Å². The van der Waals surface area contributed by atoms with Gasteiger partial charge in [-0.15, -0.1) is 0 Å². The molecule has 0 bridgehead atoms. The average molecular weight is 406 g/mol. The van der Waals surface area contributed by atoms with E-state index in [4.69, 9.17) is 4.74 Å². The van der Waals surface area contributed by atoms with Crippen molar-refractivity contribution in [3.63, 3.8) is 0 Å². The molecule has 1 aliphatic carbocycles. The van der Waals surface area contributed by atoms with Gasteiger partial charge in [-0.05, 0) is 62.2 Å². The minimum Gasteiger partial charge on any atom is -0.494 e. The molecule has 2 aliphatic rings. The van der Waals surface area contributed by atoms with E-state index in [1.165, 1.54) is 6.42 Å². The van der Waals surface area contributed by atoms with Gasteiger partial charge >= 0.3 is 0 Å². The second-order valence-corrected chi connectivity index (χ2v) is 7.84. The third kappa shape index (κ3) is 3.58. The van der Waals surface area contributed by atoms with E-state index < -0.39 is 5.91 Å². The average Bonchev–Trinajstić information content (AvgIpc) is 3.04. The molecule has 0 saturated heterocycles. The third-order valence-electron chi connectivity index (χ3n) is 5.98. The molecule has 0 unspecified atom stereocenters. The Bertz CT molecular complexity index is 977. The van der Waals surface area contributed by atoms with Gasteiger partial charge in [-0.2, -0.15) is 0 Å². The first-order valence-corrected chi connectivity index (χ1v) is 10.5. The van der Waals surface area contributed by atoms with E-state index in [1.807, 2.05) is 14.0 Å². The van der Waals surface area contributed by atoms with Gasteiger partial charge in [-0.25, -0.2) is 4.90 Å². The van der Waals surface area contributed by atoms with E-state index in [0.717, 1.165) is 30.6 Å². The first-order valence-electron chi connectivity index (χ1n) is 10.5. The Morgan fingerprint density at radius 3 is 2.33 bits per heavy atom. The number of hydrogen-bond acceptors (Lipinski definition) is 4. The Morgan fingerprint density at radius 2 is 1.67 bits per heavy atom. The van der Waals surface area contributed by atoms with Gasteiger partial charge in [0.1, 0.15) is 5.75 Å². The van der Waals surface area contributed by atoms with E-state index in [1.54, 1.807) is 47.4 Å². The van der Waals surface area contributed by atoms with Gasteiger partial charge in [0.2, 0.25) is 0 Å². The van der Waals surface area contributed by atoms with Crippen LogP contribution in [-0.4, -0.2) is 42.3 Å². The van der Waals surface area contributed by atoms with Crippen LogP contribution < -0.4 is 9.64 Å². The molecule has 6 heteroatoms. The largest absolute Gasteiger partial charge is 0.494 e. The molecule has 4 rings (SSSR count). The lowest BCUT2D eigenvalue weighted by Crippen LogP contribution is -2.38. The van der Waals surface area contributed by atoms with Gasteiger partial charge in [0.25, 0.3) is 17.7 Å². The molecule has 1 heterocycles. The van der Waals surface area contributed by atoms with Crippen molar-refractivity contribution in [1.29, 1.82) is 0 Å². The molecule has 156 valence electrons. The second kappa shape index (κ2) is 8.30. The minimum atomic E-state index is -0.408. The van der Waals surface area contributed by atoms with Gasteiger partial charge in [-0.1, -0.05) is 19.3 Å². The summed E-state index contributed by atoms with van der Waals surface area (Å²) in [5.41, 5.74) is 1.52. The van der Waals surface area contributed by atoms with Crippen LogP contribution in [0.2, 0.25) is 0 Å². The van der Waals surface area contributed by atoms with Crippen LogP contribution in [0.4, 0.5) is 5.69 Å². The molecule has 2 aromatic carbocycles. The van der Waals surface area contributed by atoms with Crippen LogP contribution in [0, 0.1) is 0 Å². The Hall–Kier alpha value is -3.15. The number of rotatable bonds is 5. The summed E-state index contributed by atoms with van der Waals surface area (Å²) in [6.07, 6.45) is 5.51. The smallest absolute Gasteiger partial charge is 0.266 e. The Balaban J connectivity index is 1.58. The fourth-order valence-corrected chi connectivity index (χ4v) is 4.30. The number of ether oxygens (including phenoxy) is 1. The number of carbonyl (C=O) groups excluding carboxylic acids is 3. The van der Waals surface area contributed by atoms with Gasteiger partial charge in [0.15, 0.2) is 0 Å². The lowest BCUT2D eigenvalue weighted by atomic mass is 9.94. The molecule has 0 spiro atoms. The summed E-state index contributed by atoms with van der Waals surface area (Å²) < 4.78 is 5.42. The summed E-state index contributed by atoms with van der Waals surface area (Å²) >= 11 is 0. The van der Waals surface area contributed by atoms with Crippen LogP contribution >= 0.6 is 0 Å². The Labute approximate surface area is 176 Å². The minimum absolute atomic E-state index is 0.107. The molecule has 0 radical (unpaired) electrons. The molecule has 0 aromatic heterocycles. The summed E-state index contributed by atoms with van der Waals surface area (Å²) in [4.78, 5) is 41.8. The maximum atomic E-state index is 13.0. The zero-order valence-electron chi connectivity index (χ0n) is 17.4. The lowest BCUT2D eigenvalue weighted by molar-refractivity contribution is 0.0696. The lowest BCUT2D eigenvalue weighted by Gasteiger charge is -2.31. The number of amides is 3. The molecular weight excluding hydrogens is 380 g/mol. The third-order valence-corrected chi connectivity index (χ3v) is 5.98. The molecule has 1 fully saturated rings. The van der Waals surface area contributed by atoms with Crippen molar-refractivity contribution in [2.45, 2.75) is 45.1 Å². The van der Waals surface area contributed by atoms with E-state index in [0.29, 0.717) is 29.2 Å². The molecule has 3 amide bonds. The van der Waals surface area contributed by atoms with Crippen molar-refractivity contribution in [3.8, 4) is 5.75 Å². The zero-order valence-corrected chi connectivity index (χ0v) is 17.4. The number of hydrogen-bond donors (Lipinski definition) is 0. The van der Waals surface area contributed by atoms with E-state index in [9.17, 15) is 14.4 Å². The SMILES string of the molecule is CCOc1ccc(N2C(=O)c3ccc(C(=O)N(C)C4CCCCC4)cc3C2=O)cc1. The fraction of sp³-hybridized carbons (Fsp3) is 0.375. The highest BCUT2D eigenvalue weighted by Gasteiger charge is 2.37. The Morgan fingerprint density at radius 1 is 1.00 bits per heavy atom. The fourth-order valence-electron chi connectivity index (χ4n) is 4.30. The van der Waals surface area contributed by atoms with Crippen molar-refractivity contribution in [1.82, 2.24) is 4.90 Å². The van der Waals surface area contributed by atoms with Crippen LogP contribution in [-0.2, 0) is 0 Å². The number of nitrogens with zero attached hydrogens (tertiary/aromatic N) is 2. The standard InChI is InChI=1S/C24H26N2O4/c1-3-30-19-12-10-18(11-13-19)26-23(28)20-14-9-16(15-21(20)24(26)29)22(27)25(2)17-7-5-4-6-8-17/h9-15,17H,3-8H2,1-2H3. The number of imide groups is 1.